The normalized spacial score (nSPS) is 10.5. The molecule has 3 nitrogen and oxygen atoms in total. The van der Waals surface area contributed by atoms with Crippen molar-refractivity contribution in [3.05, 3.63) is 0 Å². The summed E-state index contributed by atoms with van der Waals surface area (Å²) >= 11 is 0. The van der Waals surface area contributed by atoms with Crippen molar-refractivity contribution in [3.8, 4) is 0 Å². The van der Waals surface area contributed by atoms with Crippen LogP contribution in [0.25, 0.3) is 0 Å². The summed E-state index contributed by atoms with van der Waals surface area (Å²) < 4.78 is 0. The Balaban J connectivity index is 0. The van der Waals surface area contributed by atoms with Gasteiger partial charge >= 0.3 is 0 Å². The molecular formula is C5H17N3. The molecule has 0 aliphatic rings. The molecule has 7 N–H and O–H groups in total. The minimum atomic E-state index is -0.417. The predicted octanol–water partition coefficient (Wildman–Crippen LogP) is 0.582. The van der Waals surface area contributed by atoms with Gasteiger partial charge in [0, 0.05) is 0 Å². The zero-order valence-corrected chi connectivity index (χ0v) is 5.78. The van der Waals surface area contributed by atoms with Gasteiger partial charge in [-0.1, -0.05) is 13.8 Å². The van der Waals surface area contributed by atoms with Crippen LogP contribution in [0.1, 0.15) is 26.7 Å². The van der Waals surface area contributed by atoms with Crippen molar-refractivity contribution in [2.24, 2.45) is 11.5 Å². The van der Waals surface area contributed by atoms with Gasteiger partial charge in [0.05, 0.1) is 5.66 Å². The largest absolute Gasteiger partial charge is 0.344 e. The second-order valence-electron chi connectivity index (χ2n) is 1.94. The predicted molar refractivity (Wildman–Crippen MR) is 36.7 cm³/mol. The molecule has 0 aromatic carbocycles. The Morgan fingerprint density at radius 1 is 1.12 bits per heavy atom. The van der Waals surface area contributed by atoms with E-state index in [1.165, 1.54) is 0 Å². The van der Waals surface area contributed by atoms with Crippen molar-refractivity contribution < 1.29 is 0 Å². The Hall–Kier alpha value is -0.120. The van der Waals surface area contributed by atoms with Crippen molar-refractivity contribution in [3.63, 3.8) is 0 Å². The van der Waals surface area contributed by atoms with Crippen molar-refractivity contribution in [1.82, 2.24) is 6.15 Å². The first-order chi connectivity index (χ1) is 3.12. The van der Waals surface area contributed by atoms with Gasteiger partial charge in [0.1, 0.15) is 0 Å². The third-order valence-electron chi connectivity index (χ3n) is 1.32. The van der Waals surface area contributed by atoms with Gasteiger partial charge in [-0.25, -0.2) is 0 Å². The van der Waals surface area contributed by atoms with Crippen LogP contribution in [0.5, 0.6) is 0 Å². The van der Waals surface area contributed by atoms with Crippen molar-refractivity contribution in [2.45, 2.75) is 32.4 Å². The second-order valence-corrected chi connectivity index (χ2v) is 1.94. The fourth-order valence-electron chi connectivity index (χ4n) is 0.250. The van der Waals surface area contributed by atoms with Crippen LogP contribution >= 0.6 is 0 Å². The average molecular weight is 119 g/mol. The first kappa shape index (κ1) is 10.8. The van der Waals surface area contributed by atoms with Crippen LogP contribution in [-0.4, -0.2) is 5.66 Å². The lowest BCUT2D eigenvalue weighted by Crippen LogP contribution is -2.47. The first-order valence-corrected chi connectivity index (χ1v) is 2.70. The smallest absolute Gasteiger partial charge is 0.0631 e. The first-order valence-electron chi connectivity index (χ1n) is 2.70. The van der Waals surface area contributed by atoms with Crippen molar-refractivity contribution in [1.29, 1.82) is 0 Å². The summed E-state index contributed by atoms with van der Waals surface area (Å²) in [5.74, 6) is 0. The zero-order chi connectivity index (χ0) is 5.91. The van der Waals surface area contributed by atoms with Gasteiger partial charge in [-0.15, -0.1) is 0 Å². The molecule has 0 aromatic heterocycles. The number of nitrogens with two attached hydrogens (primary N) is 2. The monoisotopic (exact) mass is 119 g/mol. The summed E-state index contributed by atoms with van der Waals surface area (Å²) in [4.78, 5) is 0. The van der Waals surface area contributed by atoms with Gasteiger partial charge in [-0.05, 0) is 12.8 Å². The highest BCUT2D eigenvalue weighted by Crippen LogP contribution is 1.99. The molecule has 0 amide bonds. The molecule has 0 aromatic rings. The van der Waals surface area contributed by atoms with Crippen molar-refractivity contribution in [2.75, 3.05) is 0 Å². The van der Waals surface area contributed by atoms with Crippen molar-refractivity contribution >= 4 is 0 Å². The standard InChI is InChI=1S/C5H14N2.H3N/c1-3-5(6,7)4-2;/h3-4,6-7H2,1-2H3;1H3. The van der Waals surface area contributed by atoms with E-state index in [0.29, 0.717) is 0 Å². The minimum absolute atomic E-state index is 0. The molecule has 0 rings (SSSR count). The van der Waals surface area contributed by atoms with E-state index in [-0.39, 0.29) is 6.15 Å². The highest BCUT2D eigenvalue weighted by atomic mass is 14.9. The van der Waals surface area contributed by atoms with E-state index in [2.05, 4.69) is 0 Å². The van der Waals surface area contributed by atoms with Gasteiger partial charge in [0.15, 0.2) is 0 Å². The SMILES string of the molecule is CCC(N)(N)CC.N. The highest BCUT2D eigenvalue weighted by Gasteiger charge is 2.10. The van der Waals surface area contributed by atoms with E-state index in [0.717, 1.165) is 12.8 Å². The maximum Gasteiger partial charge on any atom is 0.0631 e. The summed E-state index contributed by atoms with van der Waals surface area (Å²) in [7, 11) is 0. The lowest BCUT2D eigenvalue weighted by molar-refractivity contribution is 0.412. The molecule has 52 valence electrons. The topological polar surface area (TPSA) is 87.0 Å². The lowest BCUT2D eigenvalue weighted by atomic mass is 10.1. The van der Waals surface area contributed by atoms with E-state index in [4.69, 9.17) is 11.5 Å². The summed E-state index contributed by atoms with van der Waals surface area (Å²) in [6, 6.07) is 0. The van der Waals surface area contributed by atoms with E-state index >= 15 is 0 Å². The molecule has 0 saturated carbocycles. The van der Waals surface area contributed by atoms with Crippen LogP contribution in [0.3, 0.4) is 0 Å². The number of hydrogen-bond acceptors (Lipinski definition) is 3. The van der Waals surface area contributed by atoms with Gasteiger partial charge in [0.25, 0.3) is 0 Å². The molecule has 0 spiro atoms. The van der Waals surface area contributed by atoms with Gasteiger partial charge < -0.3 is 17.6 Å². The van der Waals surface area contributed by atoms with Crippen LogP contribution in [0.4, 0.5) is 0 Å². The molecule has 0 aliphatic carbocycles. The van der Waals surface area contributed by atoms with Crippen LogP contribution in [0, 0.1) is 0 Å². The van der Waals surface area contributed by atoms with E-state index in [1.54, 1.807) is 0 Å². The Bertz CT molecular complexity index is 45.6. The second kappa shape index (κ2) is 3.83. The Morgan fingerprint density at radius 2 is 1.38 bits per heavy atom. The van der Waals surface area contributed by atoms with E-state index < -0.39 is 5.66 Å². The summed E-state index contributed by atoms with van der Waals surface area (Å²) in [5, 5.41) is 0. The van der Waals surface area contributed by atoms with Crippen LogP contribution in [0.15, 0.2) is 0 Å². The minimum Gasteiger partial charge on any atom is -0.344 e. The quantitative estimate of drug-likeness (QED) is 0.465. The maximum atomic E-state index is 5.49. The summed E-state index contributed by atoms with van der Waals surface area (Å²) in [6.45, 7) is 3.98. The third kappa shape index (κ3) is 4.05. The van der Waals surface area contributed by atoms with Gasteiger partial charge in [0.2, 0.25) is 0 Å². The van der Waals surface area contributed by atoms with Crippen LogP contribution < -0.4 is 17.6 Å². The zero-order valence-electron chi connectivity index (χ0n) is 5.78. The number of rotatable bonds is 2. The molecular weight excluding hydrogens is 102 g/mol. The molecule has 0 radical (unpaired) electrons. The Kier molecular flexibility index (Phi) is 5.17. The molecule has 0 aliphatic heterocycles. The molecule has 0 unspecified atom stereocenters. The fourth-order valence-corrected chi connectivity index (χ4v) is 0.250. The third-order valence-corrected chi connectivity index (χ3v) is 1.32. The fraction of sp³-hybridized carbons (Fsp3) is 1.00. The molecule has 0 saturated heterocycles. The Labute approximate surface area is 51.0 Å². The molecule has 0 heterocycles. The van der Waals surface area contributed by atoms with E-state index in [9.17, 15) is 0 Å². The van der Waals surface area contributed by atoms with Crippen LogP contribution in [-0.2, 0) is 0 Å². The Morgan fingerprint density at radius 3 is 1.38 bits per heavy atom. The molecule has 8 heavy (non-hydrogen) atoms. The molecule has 0 bridgehead atoms. The summed E-state index contributed by atoms with van der Waals surface area (Å²) in [5.41, 5.74) is 10.6. The molecule has 3 heteroatoms. The van der Waals surface area contributed by atoms with Crippen LogP contribution in [0.2, 0.25) is 0 Å². The highest BCUT2D eigenvalue weighted by molar-refractivity contribution is 4.70. The number of hydrogen-bond donors (Lipinski definition) is 3. The maximum absolute atomic E-state index is 5.49. The average Bonchev–Trinajstić information content (AvgIpc) is 1.68. The summed E-state index contributed by atoms with van der Waals surface area (Å²) in [6.07, 6.45) is 1.70. The lowest BCUT2D eigenvalue weighted by Gasteiger charge is -2.19. The van der Waals surface area contributed by atoms with E-state index in [1.807, 2.05) is 13.8 Å². The molecule has 0 fully saturated rings. The van der Waals surface area contributed by atoms with Gasteiger partial charge in [-0.2, -0.15) is 0 Å². The molecule has 0 atom stereocenters. The van der Waals surface area contributed by atoms with Gasteiger partial charge in [-0.3, -0.25) is 0 Å².